The van der Waals surface area contributed by atoms with Crippen molar-refractivity contribution in [1.82, 2.24) is 0 Å². The molecule has 0 aliphatic carbocycles. The van der Waals surface area contributed by atoms with E-state index in [-0.39, 0.29) is 11.8 Å². The summed E-state index contributed by atoms with van der Waals surface area (Å²) in [4.78, 5) is 10.6. The van der Waals surface area contributed by atoms with Crippen molar-refractivity contribution >= 4 is 21.9 Å². The Labute approximate surface area is 114 Å². The number of carboxylic acid groups (broad SMARTS) is 1. The van der Waals surface area contributed by atoms with Crippen LogP contribution >= 0.6 is 15.9 Å². The first kappa shape index (κ1) is 13.4. The molecule has 1 aliphatic heterocycles. The van der Waals surface area contributed by atoms with Crippen LogP contribution in [0.5, 0.6) is 5.75 Å². The number of benzene rings is 1. The lowest BCUT2D eigenvalue weighted by molar-refractivity contribution is -0.136. The smallest absolute Gasteiger partial charge is 0.307 e. The highest BCUT2D eigenvalue weighted by Crippen LogP contribution is 2.31. The number of hydrogen-bond donors (Lipinski definition) is 1. The Morgan fingerprint density at radius 2 is 2.28 bits per heavy atom. The number of ether oxygens (including phenoxy) is 2. The van der Waals surface area contributed by atoms with E-state index in [9.17, 15) is 4.79 Å². The van der Waals surface area contributed by atoms with E-state index in [4.69, 9.17) is 14.6 Å². The Morgan fingerprint density at radius 3 is 2.78 bits per heavy atom. The van der Waals surface area contributed by atoms with Crippen molar-refractivity contribution in [3.63, 3.8) is 0 Å². The Kier molecular flexibility index (Phi) is 3.92. The first-order valence-electron chi connectivity index (χ1n) is 5.69. The lowest BCUT2D eigenvalue weighted by atomic mass is 9.90. The van der Waals surface area contributed by atoms with Gasteiger partial charge in [0.05, 0.1) is 30.7 Å². The Bertz CT molecular complexity index is 454. The van der Waals surface area contributed by atoms with Gasteiger partial charge in [0.2, 0.25) is 0 Å². The van der Waals surface area contributed by atoms with Gasteiger partial charge in [-0.25, -0.2) is 0 Å². The molecule has 1 aromatic rings. The average molecular weight is 315 g/mol. The van der Waals surface area contributed by atoms with Crippen LogP contribution in [0.2, 0.25) is 0 Å². The quantitative estimate of drug-likeness (QED) is 0.907. The van der Waals surface area contributed by atoms with Crippen molar-refractivity contribution in [2.75, 3.05) is 19.8 Å². The minimum Gasteiger partial charge on any atom is -0.492 e. The van der Waals surface area contributed by atoms with E-state index in [1.165, 1.54) is 0 Å². The van der Waals surface area contributed by atoms with Gasteiger partial charge in [-0.2, -0.15) is 0 Å². The molecule has 0 radical (unpaired) electrons. The lowest BCUT2D eigenvalue weighted by Crippen LogP contribution is -2.44. The van der Waals surface area contributed by atoms with E-state index in [0.717, 1.165) is 29.0 Å². The molecule has 1 aromatic carbocycles. The maximum absolute atomic E-state index is 10.6. The highest BCUT2D eigenvalue weighted by atomic mass is 79.9. The van der Waals surface area contributed by atoms with Crippen molar-refractivity contribution < 1.29 is 19.4 Å². The van der Waals surface area contributed by atoms with Gasteiger partial charge in [-0.15, -0.1) is 0 Å². The predicted molar refractivity (Wildman–Crippen MR) is 69.9 cm³/mol. The van der Waals surface area contributed by atoms with Gasteiger partial charge >= 0.3 is 5.97 Å². The van der Waals surface area contributed by atoms with Crippen LogP contribution in [-0.4, -0.2) is 30.9 Å². The summed E-state index contributed by atoms with van der Waals surface area (Å²) in [5, 5.41) is 8.72. The minimum absolute atomic E-state index is 0.0183. The number of rotatable bonds is 5. The van der Waals surface area contributed by atoms with Crippen molar-refractivity contribution in [3.05, 3.63) is 28.2 Å². The van der Waals surface area contributed by atoms with Crippen LogP contribution in [0.1, 0.15) is 12.5 Å². The van der Waals surface area contributed by atoms with E-state index < -0.39 is 5.97 Å². The van der Waals surface area contributed by atoms with Gasteiger partial charge in [-0.1, -0.05) is 13.0 Å². The van der Waals surface area contributed by atoms with Crippen LogP contribution in [0.3, 0.4) is 0 Å². The summed E-state index contributed by atoms with van der Waals surface area (Å²) < 4.78 is 11.7. The van der Waals surface area contributed by atoms with Gasteiger partial charge in [0.15, 0.2) is 0 Å². The van der Waals surface area contributed by atoms with E-state index in [2.05, 4.69) is 22.9 Å². The summed E-state index contributed by atoms with van der Waals surface area (Å²) in [6, 6.07) is 5.35. The van der Waals surface area contributed by atoms with Gasteiger partial charge in [0, 0.05) is 5.41 Å². The molecule has 0 saturated carbocycles. The second-order valence-electron chi connectivity index (χ2n) is 4.93. The molecule has 0 spiro atoms. The monoisotopic (exact) mass is 314 g/mol. The summed E-state index contributed by atoms with van der Waals surface area (Å²) in [6.45, 7) is 4.16. The third-order valence-electron chi connectivity index (χ3n) is 2.83. The molecule has 18 heavy (non-hydrogen) atoms. The zero-order chi connectivity index (χ0) is 13.2. The van der Waals surface area contributed by atoms with Gasteiger partial charge in [0.25, 0.3) is 0 Å². The maximum Gasteiger partial charge on any atom is 0.307 e. The third kappa shape index (κ3) is 3.23. The molecule has 1 saturated heterocycles. The van der Waals surface area contributed by atoms with E-state index in [0.29, 0.717) is 6.61 Å². The van der Waals surface area contributed by atoms with Crippen LogP contribution < -0.4 is 4.74 Å². The van der Waals surface area contributed by atoms with Crippen LogP contribution in [-0.2, 0) is 16.0 Å². The standard InChI is InChI=1S/C13H15BrO4/c1-13(6-17-7-13)8-18-11-3-2-9(4-10(11)14)5-12(15)16/h2-4H,5-8H2,1H3,(H,15,16). The van der Waals surface area contributed by atoms with Gasteiger partial charge in [-0.05, 0) is 33.6 Å². The molecule has 1 N–H and O–H groups in total. The normalized spacial score (nSPS) is 17.0. The predicted octanol–water partition coefficient (Wildman–Crippen LogP) is 2.49. The van der Waals surface area contributed by atoms with E-state index in [1.807, 2.05) is 0 Å². The number of carbonyl (C=O) groups is 1. The zero-order valence-electron chi connectivity index (χ0n) is 10.1. The Balaban J connectivity index is 1.98. The molecule has 0 aromatic heterocycles. The van der Waals surface area contributed by atoms with Crippen molar-refractivity contribution in [2.45, 2.75) is 13.3 Å². The van der Waals surface area contributed by atoms with E-state index in [1.54, 1.807) is 18.2 Å². The van der Waals surface area contributed by atoms with Crippen LogP contribution in [0.25, 0.3) is 0 Å². The summed E-state index contributed by atoms with van der Waals surface area (Å²) in [7, 11) is 0. The molecule has 4 nitrogen and oxygen atoms in total. The number of aliphatic carboxylic acids is 1. The van der Waals surface area contributed by atoms with Crippen molar-refractivity contribution in [1.29, 1.82) is 0 Å². The molecule has 98 valence electrons. The third-order valence-corrected chi connectivity index (χ3v) is 3.45. The molecule has 0 amide bonds. The van der Waals surface area contributed by atoms with Crippen LogP contribution in [0.15, 0.2) is 22.7 Å². The molecule has 1 heterocycles. The first-order valence-corrected chi connectivity index (χ1v) is 6.49. The second kappa shape index (κ2) is 5.28. The summed E-state index contributed by atoms with van der Waals surface area (Å²) in [5.41, 5.74) is 0.846. The van der Waals surface area contributed by atoms with Gasteiger partial charge < -0.3 is 14.6 Å². The van der Waals surface area contributed by atoms with Crippen LogP contribution in [0, 0.1) is 5.41 Å². The Morgan fingerprint density at radius 1 is 1.56 bits per heavy atom. The number of hydrogen-bond acceptors (Lipinski definition) is 3. The molecular weight excluding hydrogens is 300 g/mol. The number of halogens is 1. The second-order valence-corrected chi connectivity index (χ2v) is 5.78. The lowest BCUT2D eigenvalue weighted by Gasteiger charge is -2.37. The summed E-state index contributed by atoms with van der Waals surface area (Å²) in [5.74, 6) is -0.105. The molecular formula is C13H15BrO4. The molecule has 0 atom stereocenters. The van der Waals surface area contributed by atoms with Crippen molar-refractivity contribution in [3.8, 4) is 5.75 Å². The van der Waals surface area contributed by atoms with Gasteiger partial charge in [0.1, 0.15) is 5.75 Å². The fourth-order valence-electron chi connectivity index (χ4n) is 1.73. The topological polar surface area (TPSA) is 55.8 Å². The summed E-state index contributed by atoms with van der Waals surface area (Å²) in [6.07, 6.45) is 0.0183. The maximum atomic E-state index is 10.6. The molecule has 0 bridgehead atoms. The van der Waals surface area contributed by atoms with E-state index >= 15 is 0 Å². The first-order chi connectivity index (χ1) is 8.48. The average Bonchev–Trinajstić information content (AvgIpc) is 2.24. The SMILES string of the molecule is CC1(COc2ccc(CC(=O)O)cc2Br)COC1. The fraction of sp³-hybridized carbons (Fsp3) is 0.462. The zero-order valence-corrected chi connectivity index (χ0v) is 11.7. The molecule has 1 aliphatic rings. The summed E-state index contributed by atoms with van der Waals surface area (Å²) >= 11 is 3.40. The number of carboxylic acids is 1. The van der Waals surface area contributed by atoms with Crippen molar-refractivity contribution in [2.24, 2.45) is 5.41 Å². The van der Waals surface area contributed by atoms with Gasteiger partial charge in [-0.3, -0.25) is 4.79 Å². The molecule has 0 unspecified atom stereocenters. The Hall–Kier alpha value is -1.07. The largest absolute Gasteiger partial charge is 0.492 e. The molecule has 5 heteroatoms. The highest BCUT2D eigenvalue weighted by molar-refractivity contribution is 9.10. The fourth-order valence-corrected chi connectivity index (χ4v) is 2.27. The minimum atomic E-state index is -0.838. The van der Waals surface area contributed by atoms with Crippen LogP contribution in [0.4, 0.5) is 0 Å². The molecule has 1 fully saturated rings. The molecule has 2 rings (SSSR count). The highest BCUT2D eigenvalue weighted by Gasteiger charge is 2.34.